The Balaban J connectivity index is 1.84. The van der Waals surface area contributed by atoms with Crippen LogP contribution in [0, 0.1) is 11.8 Å². The second-order valence-corrected chi connectivity index (χ2v) is 4.13. The van der Waals surface area contributed by atoms with Gasteiger partial charge in [-0.3, -0.25) is 4.79 Å². The maximum Gasteiger partial charge on any atom is 0.234 e. The number of amides is 1. The van der Waals surface area contributed by atoms with E-state index in [2.05, 4.69) is 17.5 Å². The fourth-order valence-corrected chi connectivity index (χ4v) is 2.31. The molecule has 0 radical (unpaired) electrons. The van der Waals surface area contributed by atoms with Crippen LogP contribution < -0.4 is 11.1 Å². The maximum absolute atomic E-state index is 10.8. The molecule has 0 aromatic carbocycles. The minimum atomic E-state index is -0.259. The van der Waals surface area contributed by atoms with Gasteiger partial charge >= 0.3 is 0 Å². The number of hydrogen-bond donors (Lipinski definition) is 2. The number of rotatable bonds is 3. The Morgan fingerprint density at radius 3 is 3.08 bits per heavy atom. The first-order chi connectivity index (χ1) is 6.18. The van der Waals surface area contributed by atoms with Crippen molar-refractivity contribution in [2.45, 2.75) is 31.8 Å². The highest BCUT2D eigenvalue weighted by molar-refractivity contribution is 5.79. The van der Waals surface area contributed by atoms with Crippen LogP contribution in [0.1, 0.15) is 19.8 Å². The van der Waals surface area contributed by atoms with Gasteiger partial charge in [-0.25, -0.2) is 0 Å². The van der Waals surface area contributed by atoms with E-state index in [0.717, 1.165) is 5.92 Å². The van der Waals surface area contributed by atoms with E-state index >= 15 is 0 Å². The summed E-state index contributed by atoms with van der Waals surface area (Å²) in [4.78, 5) is 10.8. The summed E-state index contributed by atoms with van der Waals surface area (Å²) in [6.45, 7) is 1.83. The van der Waals surface area contributed by atoms with Crippen molar-refractivity contribution in [3.05, 3.63) is 12.2 Å². The number of hydrogen-bond acceptors (Lipinski definition) is 2. The summed E-state index contributed by atoms with van der Waals surface area (Å²) in [5.41, 5.74) is 5.18. The molecule has 0 spiro atoms. The molecule has 0 saturated heterocycles. The van der Waals surface area contributed by atoms with E-state index in [4.69, 9.17) is 5.73 Å². The van der Waals surface area contributed by atoms with Crippen molar-refractivity contribution in [2.75, 3.05) is 0 Å². The Morgan fingerprint density at radius 1 is 1.69 bits per heavy atom. The summed E-state index contributed by atoms with van der Waals surface area (Å²) in [5, 5.41) is 3.26. The molecule has 0 heterocycles. The first-order valence-electron chi connectivity index (χ1n) is 4.90. The van der Waals surface area contributed by atoms with Crippen molar-refractivity contribution >= 4 is 5.91 Å². The Morgan fingerprint density at radius 2 is 2.46 bits per heavy atom. The SMILES string of the molecule is CC(NC1CC2CC=CC21)C(N)=O. The summed E-state index contributed by atoms with van der Waals surface area (Å²) >= 11 is 0. The highest BCUT2D eigenvalue weighted by Gasteiger charge is 2.41. The third kappa shape index (κ3) is 1.48. The number of carbonyl (C=O) groups excluding carboxylic acids is 1. The molecular formula is C10H16N2O. The van der Waals surface area contributed by atoms with Crippen molar-refractivity contribution in [2.24, 2.45) is 17.6 Å². The molecule has 2 aliphatic rings. The molecule has 0 aliphatic heterocycles. The van der Waals surface area contributed by atoms with Crippen LogP contribution in [0.3, 0.4) is 0 Å². The topological polar surface area (TPSA) is 55.1 Å². The van der Waals surface area contributed by atoms with E-state index in [9.17, 15) is 4.79 Å². The van der Waals surface area contributed by atoms with Crippen molar-refractivity contribution in [1.29, 1.82) is 0 Å². The molecule has 3 N–H and O–H groups in total. The van der Waals surface area contributed by atoms with E-state index in [0.29, 0.717) is 12.0 Å². The van der Waals surface area contributed by atoms with Crippen LogP contribution in [-0.2, 0) is 4.79 Å². The minimum Gasteiger partial charge on any atom is -0.368 e. The van der Waals surface area contributed by atoms with Crippen LogP contribution in [0.5, 0.6) is 0 Å². The lowest BCUT2D eigenvalue weighted by Gasteiger charge is -2.41. The second-order valence-electron chi connectivity index (χ2n) is 4.13. The molecule has 0 bridgehead atoms. The van der Waals surface area contributed by atoms with Crippen LogP contribution in [-0.4, -0.2) is 18.0 Å². The lowest BCUT2D eigenvalue weighted by atomic mass is 9.71. The number of nitrogens with one attached hydrogen (secondary N) is 1. The fraction of sp³-hybridized carbons (Fsp3) is 0.700. The lowest BCUT2D eigenvalue weighted by molar-refractivity contribution is -0.120. The second kappa shape index (κ2) is 3.14. The first-order valence-corrected chi connectivity index (χ1v) is 4.90. The van der Waals surface area contributed by atoms with Crippen LogP contribution in [0.15, 0.2) is 12.2 Å². The number of allylic oxidation sites excluding steroid dienone is 1. The predicted molar refractivity (Wildman–Crippen MR) is 50.9 cm³/mol. The zero-order valence-corrected chi connectivity index (χ0v) is 7.86. The third-order valence-corrected chi connectivity index (χ3v) is 3.25. The molecule has 13 heavy (non-hydrogen) atoms. The summed E-state index contributed by atoms with van der Waals surface area (Å²) in [6.07, 6.45) is 6.91. The summed E-state index contributed by atoms with van der Waals surface area (Å²) in [7, 11) is 0. The van der Waals surface area contributed by atoms with Gasteiger partial charge in [-0.1, -0.05) is 12.2 Å². The van der Waals surface area contributed by atoms with Gasteiger partial charge in [0.15, 0.2) is 0 Å². The van der Waals surface area contributed by atoms with Gasteiger partial charge < -0.3 is 11.1 Å². The number of carbonyl (C=O) groups is 1. The van der Waals surface area contributed by atoms with E-state index in [1.807, 2.05) is 6.92 Å². The van der Waals surface area contributed by atoms with Gasteiger partial charge in [0.05, 0.1) is 6.04 Å². The molecule has 3 heteroatoms. The van der Waals surface area contributed by atoms with Gasteiger partial charge in [-0.2, -0.15) is 0 Å². The van der Waals surface area contributed by atoms with Gasteiger partial charge in [0.2, 0.25) is 5.91 Å². The summed E-state index contributed by atoms with van der Waals surface area (Å²) in [5.74, 6) is 1.23. The van der Waals surface area contributed by atoms with Gasteiger partial charge in [-0.05, 0) is 31.6 Å². The first kappa shape index (κ1) is 8.75. The zero-order valence-electron chi connectivity index (χ0n) is 7.86. The molecule has 1 saturated carbocycles. The Bertz CT molecular complexity index is 249. The molecular weight excluding hydrogens is 164 g/mol. The number of primary amides is 1. The minimum absolute atomic E-state index is 0.194. The van der Waals surface area contributed by atoms with Crippen LogP contribution in [0.2, 0.25) is 0 Å². The fourth-order valence-electron chi connectivity index (χ4n) is 2.31. The Hall–Kier alpha value is -0.830. The number of nitrogens with two attached hydrogens (primary N) is 1. The Kier molecular flexibility index (Phi) is 2.12. The van der Waals surface area contributed by atoms with E-state index in [1.54, 1.807) is 0 Å². The van der Waals surface area contributed by atoms with Gasteiger partial charge in [0.25, 0.3) is 0 Å². The van der Waals surface area contributed by atoms with E-state index < -0.39 is 0 Å². The quantitative estimate of drug-likeness (QED) is 0.618. The molecule has 4 unspecified atom stereocenters. The largest absolute Gasteiger partial charge is 0.368 e. The normalized spacial score (nSPS) is 38.1. The average Bonchev–Trinajstić information content (AvgIpc) is 2.42. The van der Waals surface area contributed by atoms with Gasteiger partial charge in [0, 0.05) is 6.04 Å². The molecule has 1 fully saturated rings. The summed E-state index contributed by atoms with van der Waals surface area (Å²) < 4.78 is 0. The van der Waals surface area contributed by atoms with Crippen LogP contribution in [0.4, 0.5) is 0 Å². The molecule has 1 amide bonds. The van der Waals surface area contributed by atoms with Crippen LogP contribution in [0.25, 0.3) is 0 Å². The maximum atomic E-state index is 10.8. The number of fused-ring (bicyclic) bond motifs is 1. The van der Waals surface area contributed by atoms with Crippen LogP contribution >= 0.6 is 0 Å². The van der Waals surface area contributed by atoms with Gasteiger partial charge in [0.1, 0.15) is 0 Å². The molecule has 0 aromatic heterocycles. The highest BCUT2D eigenvalue weighted by Crippen LogP contribution is 2.42. The molecule has 0 aromatic rings. The monoisotopic (exact) mass is 180 g/mol. The molecule has 2 rings (SSSR count). The standard InChI is InChI=1S/C10H16N2O/c1-6(10(11)13)12-9-5-7-3-2-4-8(7)9/h2,4,6-9,12H,3,5H2,1H3,(H2,11,13). The smallest absolute Gasteiger partial charge is 0.234 e. The lowest BCUT2D eigenvalue weighted by Crippen LogP contribution is -2.54. The van der Waals surface area contributed by atoms with Gasteiger partial charge in [-0.15, -0.1) is 0 Å². The molecule has 2 aliphatic carbocycles. The Labute approximate surface area is 78.4 Å². The predicted octanol–water partition coefficient (Wildman–Crippen LogP) is 0.414. The summed E-state index contributed by atoms with van der Waals surface area (Å²) in [6, 6.07) is 0.284. The van der Waals surface area contributed by atoms with E-state index in [1.165, 1.54) is 12.8 Å². The molecule has 4 atom stereocenters. The third-order valence-electron chi connectivity index (χ3n) is 3.25. The average molecular weight is 180 g/mol. The van der Waals surface area contributed by atoms with Crippen molar-refractivity contribution in [1.82, 2.24) is 5.32 Å². The van der Waals surface area contributed by atoms with E-state index in [-0.39, 0.29) is 11.9 Å². The van der Waals surface area contributed by atoms with Crippen molar-refractivity contribution in [3.8, 4) is 0 Å². The highest BCUT2D eigenvalue weighted by atomic mass is 16.1. The zero-order chi connectivity index (χ0) is 9.42. The van der Waals surface area contributed by atoms with Crippen molar-refractivity contribution in [3.63, 3.8) is 0 Å². The van der Waals surface area contributed by atoms with Crippen molar-refractivity contribution < 1.29 is 4.79 Å². The molecule has 72 valence electrons. The molecule has 3 nitrogen and oxygen atoms in total.